The fourth-order valence-corrected chi connectivity index (χ4v) is 5.14. The first-order valence-corrected chi connectivity index (χ1v) is 11.4. The number of nitrogens with zero attached hydrogens (tertiary/aromatic N) is 6. The zero-order valence-corrected chi connectivity index (χ0v) is 18.5. The van der Waals surface area contributed by atoms with Gasteiger partial charge in [0.15, 0.2) is 0 Å². The van der Waals surface area contributed by atoms with Gasteiger partial charge in [-0.3, -0.25) is 14.3 Å². The first kappa shape index (κ1) is 20.4. The van der Waals surface area contributed by atoms with Crippen LogP contribution in [0, 0.1) is 6.92 Å². The van der Waals surface area contributed by atoms with E-state index in [4.69, 9.17) is 4.98 Å². The van der Waals surface area contributed by atoms with Crippen LogP contribution in [0.25, 0.3) is 5.65 Å². The van der Waals surface area contributed by atoms with Gasteiger partial charge < -0.3 is 14.9 Å². The molecule has 5 heterocycles. The molecule has 1 N–H and O–H groups in total. The molecular formula is C24H32N6O. The number of imidazole rings is 1. The normalized spacial score (nSPS) is 21.8. The lowest BCUT2D eigenvalue weighted by molar-refractivity contribution is 0.108. The van der Waals surface area contributed by atoms with Crippen LogP contribution in [0.5, 0.6) is 0 Å². The Labute approximate surface area is 183 Å². The van der Waals surface area contributed by atoms with Crippen molar-refractivity contribution in [2.24, 2.45) is 0 Å². The third-order valence-corrected chi connectivity index (χ3v) is 6.89. The summed E-state index contributed by atoms with van der Waals surface area (Å²) in [5, 5.41) is 10.4. The lowest BCUT2D eigenvalue weighted by Gasteiger charge is -2.34. The number of hydrogen-bond donors (Lipinski definition) is 1. The highest BCUT2D eigenvalue weighted by molar-refractivity contribution is 5.53. The number of anilines is 1. The van der Waals surface area contributed by atoms with Crippen molar-refractivity contribution in [2.75, 3.05) is 51.3 Å². The molecular weight excluding hydrogens is 388 g/mol. The van der Waals surface area contributed by atoms with Crippen molar-refractivity contribution in [1.82, 2.24) is 24.2 Å². The maximum absolute atomic E-state index is 10.4. The molecule has 0 amide bonds. The van der Waals surface area contributed by atoms with E-state index >= 15 is 0 Å². The fraction of sp³-hybridized carbons (Fsp3) is 0.500. The summed E-state index contributed by atoms with van der Waals surface area (Å²) in [7, 11) is 2.18. The minimum Gasteiger partial charge on any atom is -0.394 e. The molecule has 3 aromatic heterocycles. The summed E-state index contributed by atoms with van der Waals surface area (Å²) in [6.45, 7) is 7.28. The van der Waals surface area contributed by atoms with E-state index in [1.165, 1.54) is 11.4 Å². The number of rotatable bonds is 5. The molecule has 0 aromatic carbocycles. The summed E-state index contributed by atoms with van der Waals surface area (Å²) in [5.41, 5.74) is 4.21. The molecule has 0 saturated carbocycles. The molecule has 2 aliphatic heterocycles. The molecule has 0 bridgehead atoms. The van der Waals surface area contributed by atoms with Gasteiger partial charge in [0.2, 0.25) is 0 Å². The van der Waals surface area contributed by atoms with Gasteiger partial charge >= 0.3 is 0 Å². The summed E-state index contributed by atoms with van der Waals surface area (Å²) < 4.78 is 2.19. The van der Waals surface area contributed by atoms with Crippen molar-refractivity contribution in [3.05, 3.63) is 59.7 Å². The Bertz CT molecular complexity index is 1040. The second-order valence-electron chi connectivity index (χ2n) is 8.87. The third kappa shape index (κ3) is 3.82. The van der Waals surface area contributed by atoms with Gasteiger partial charge in [-0.25, -0.2) is 4.98 Å². The van der Waals surface area contributed by atoms with Crippen LogP contribution in [0.4, 0.5) is 5.82 Å². The monoisotopic (exact) mass is 420 g/mol. The molecule has 2 fully saturated rings. The summed E-state index contributed by atoms with van der Waals surface area (Å²) in [6, 6.07) is 10.5. The highest BCUT2D eigenvalue weighted by Gasteiger charge is 2.35. The zero-order valence-electron chi connectivity index (χ0n) is 18.5. The van der Waals surface area contributed by atoms with Gasteiger partial charge in [0, 0.05) is 38.6 Å². The van der Waals surface area contributed by atoms with Gasteiger partial charge in [0.1, 0.15) is 11.5 Å². The van der Waals surface area contributed by atoms with Crippen molar-refractivity contribution >= 4 is 11.5 Å². The van der Waals surface area contributed by atoms with E-state index in [0.29, 0.717) is 0 Å². The molecule has 0 spiro atoms. The van der Waals surface area contributed by atoms with Crippen LogP contribution in [0.3, 0.4) is 0 Å². The van der Waals surface area contributed by atoms with Crippen LogP contribution in [0.2, 0.25) is 0 Å². The number of aryl methyl sites for hydroxylation is 1. The van der Waals surface area contributed by atoms with Crippen molar-refractivity contribution in [2.45, 2.75) is 31.8 Å². The van der Waals surface area contributed by atoms with Crippen LogP contribution in [0.1, 0.15) is 41.9 Å². The van der Waals surface area contributed by atoms with Crippen molar-refractivity contribution in [3.63, 3.8) is 0 Å². The number of aliphatic hydroxyl groups excluding tert-OH is 1. The fourth-order valence-electron chi connectivity index (χ4n) is 5.14. The summed E-state index contributed by atoms with van der Waals surface area (Å²) in [5.74, 6) is 1.18. The van der Waals surface area contributed by atoms with E-state index in [9.17, 15) is 5.11 Å². The maximum atomic E-state index is 10.4. The van der Waals surface area contributed by atoms with Gasteiger partial charge in [-0.05, 0) is 57.1 Å². The van der Waals surface area contributed by atoms with E-state index in [1.54, 1.807) is 0 Å². The Morgan fingerprint density at radius 1 is 1.10 bits per heavy atom. The first-order valence-electron chi connectivity index (χ1n) is 11.4. The maximum Gasteiger partial charge on any atom is 0.138 e. The van der Waals surface area contributed by atoms with E-state index < -0.39 is 0 Å². The second kappa shape index (κ2) is 8.57. The molecule has 5 rings (SSSR count). The average Bonchev–Trinajstić information content (AvgIpc) is 3.43. The molecule has 2 aliphatic rings. The molecule has 0 radical (unpaired) electrons. The molecule has 7 nitrogen and oxygen atoms in total. The second-order valence-corrected chi connectivity index (χ2v) is 8.87. The van der Waals surface area contributed by atoms with E-state index in [-0.39, 0.29) is 18.7 Å². The standard InChI is InChI=1S/C24H32N6O/c1-18-6-4-10-25-24(18)20-7-5-11-29(20)21(17-31)19-16-30-22(26-19)8-3-9-23(30)28-14-12-27(2)13-15-28/h3-4,6,8-10,16,20-21,31H,5,7,11-15,17H2,1-2H3. The summed E-state index contributed by atoms with van der Waals surface area (Å²) >= 11 is 0. The van der Waals surface area contributed by atoms with E-state index in [1.807, 2.05) is 12.3 Å². The molecule has 31 heavy (non-hydrogen) atoms. The topological polar surface area (TPSA) is 60.1 Å². The summed E-state index contributed by atoms with van der Waals surface area (Å²) in [4.78, 5) is 16.8. The van der Waals surface area contributed by atoms with E-state index in [0.717, 1.165) is 62.6 Å². The predicted molar refractivity (Wildman–Crippen MR) is 122 cm³/mol. The van der Waals surface area contributed by atoms with Crippen LogP contribution >= 0.6 is 0 Å². The quantitative estimate of drug-likeness (QED) is 0.685. The number of fused-ring (bicyclic) bond motifs is 1. The Morgan fingerprint density at radius 2 is 1.94 bits per heavy atom. The minimum absolute atomic E-state index is 0.0517. The van der Waals surface area contributed by atoms with Gasteiger partial charge in [-0.1, -0.05) is 12.1 Å². The number of aromatic nitrogens is 3. The lowest BCUT2D eigenvalue weighted by atomic mass is 10.0. The average molecular weight is 421 g/mol. The number of hydrogen-bond acceptors (Lipinski definition) is 6. The largest absolute Gasteiger partial charge is 0.394 e. The van der Waals surface area contributed by atoms with Gasteiger partial charge in [-0.2, -0.15) is 0 Å². The van der Waals surface area contributed by atoms with Crippen LogP contribution in [0.15, 0.2) is 42.7 Å². The number of likely N-dealkylation sites (N-methyl/N-ethyl adjacent to an activating group) is 1. The molecule has 3 aromatic rings. The molecule has 2 saturated heterocycles. The summed E-state index contributed by atoms with van der Waals surface area (Å²) in [6.07, 6.45) is 6.18. The molecule has 2 atom stereocenters. The van der Waals surface area contributed by atoms with E-state index in [2.05, 4.69) is 68.5 Å². The smallest absolute Gasteiger partial charge is 0.138 e. The predicted octanol–water partition coefficient (Wildman–Crippen LogP) is 2.66. The Balaban J connectivity index is 1.47. The molecule has 0 aliphatic carbocycles. The minimum atomic E-state index is -0.130. The third-order valence-electron chi connectivity index (χ3n) is 6.89. The molecule has 7 heteroatoms. The van der Waals surface area contributed by atoms with Gasteiger partial charge in [0.25, 0.3) is 0 Å². The number of aliphatic hydroxyl groups is 1. The van der Waals surface area contributed by atoms with Crippen molar-refractivity contribution in [3.8, 4) is 0 Å². The van der Waals surface area contributed by atoms with Gasteiger partial charge in [0.05, 0.1) is 30.1 Å². The lowest BCUT2D eigenvalue weighted by Crippen LogP contribution is -2.45. The first-order chi connectivity index (χ1) is 15.2. The van der Waals surface area contributed by atoms with Crippen molar-refractivity contribution < 1.29 is 5.11 Å². The highest BCUT2D eigenvalue weighted by atomic mass is 16.3. The van der Waals surface area contributed by atoms with Crippen LogP contribution in [-0.4, -0.2) is 75.7 Å². The Morgan fingerprint density at radius 3 is 2.71 bits per heavy atom. The molecule has 164 valence electrons. The number of likely N-dealkylation sites (tertiary alicyclic amines) is 1. The van der Waals surface area contributed by atoms with Gasteiger partial charge in [-0.15, -0.1) is 0 Å². The number of piperazine rings is 1. The van der Waals surface area contributed by atoms with Crippen LogP contribution < -0.4 is 4.90 Å². The molecule has 2 unspecified atom stereocenters. The van der Waals surface area contributed by atoms with Crippen molar-refractivity contribution in [1.29, 1.82) is 0 Å². The zero-order chi connectivity index (χ0) is 21.4. The van der Waals surface area contributed by atoms with Crippen LogP contribution in [-0.2, 0) is 0 Å². The Hall–Kier alpha value is -2.48. The highest BCUT2D eigenvalue weighted by Crippen LogP contribution is 2.38. The Kier molecular flexibility index (Phi) is 5.65. The number of pyridine rings is 2. The SMILES string of the molecule is Cc1cccnc1C1CCCN1C(CO)c1cn2c(N3CCN(C)CC3)cccc2n1.